The molecule has 3 N–H and O–H groups in total. The van der Waals surface area contributed by atoms with Crippen molar-refractivity contribution in [3.63, 3.8) is 0 Å². The van der Waals surface area contributed by atoms with E-state index in [1.807, 2.05) is 17.5 Å². The number of halogens is 1. The highest BCUT2D eigenvalue weighted by Crippen LogP contribution is 2.33. The van der Waals surface area contributed by atoms with E-state index in [9.17, 15) is 14.0 Å². The van der Waals surface area contributed by atoms with Crippen LogP contribution in [0.15, 0.2) is 64.9 Å². The van der Waals surface area contributed by atoms with Crippen molar-refractivity contribution < 1.29 is 9.18 Å². The molecule has 0 fully saturated rings. The zero-order valence-electron chi connectivity index (χ0n) is 16.1. The van der Waals surface area contributed by atoms with Gasteiger partial charge < -0.3 is 0 Å². The summed E-state index contributed by atoms with van der Waals surface area (Å²) in [6.07, 6.45) is 5.18. The Labute approximate surface area is 181 Å². The molecule has 3 rings (SSSR count). The summed E-state index contributed by atoms with van der Waals surface area (Å²) >= 11 is 2.41. The van der Waals surface area contributed by atoms with E-state index in [1.165, 1.54) is 34.1 Å². The molecule has 3 aromatic rings. The van der Waals surface area contributed by atoms with Crippen molar-refractivity contribution >= 4 is 39.2 Å². The summed E-state index contributed by atoms with van der Waals surface area (Å²) in [5.74, 6) is 4.20. The fourth-order valence-electron chi connectivity index (χ4n) is 3.08. The first-order valence-electron chi connectivity index (χ1n) is 9.16. The minimum Gasteiger partial charge on any atom is -0.294 e. The van der Waals surface area contributed by atoms with Crippen LogP contribution in [-0.2, 0) is 4.79 Å². The van der Waals surface area contributed by atoms with Crippen LogP contribution in [0.25, 0.3) is 15.9 Å². The van der Waals surface area contributed by atoms with Gasteiger partial charge in [-0.15, -0.1) is 24.5 Å². The second-order valence-corrected chi connectivity index (χ2v) is 8.25. The molecule has 0 saturated carbocycles. The minimum atomic E-state index is -0.476. The normalized spacial score (nSPS) is 11.9. The van der Waals surface area contributed by atoms with Crippen LogP contribution in [0.5, 0.6) is 0 Å². The van der Waals surface area contributed by atoms with Crippen LogP contribution in [0.3, 0.4) is 0 Å². The van der Waals surface area contributed by atoms with Crippen molar-refractivity contribution in [1.82, 2.24) is 15.0 Å². The fraction of sp³-hybridized carbons (Fsp3) is 0.190. The zero-order chi connectivity index (χ0) is 21.7. The zero-order valence-corrected chi connectivity index (χ0v) is 17.8. The molecule has 0 spiro atoms. The van der Waals surface area contributed by atoms with E-state index in [0.717, 1.165) is 30.2 Å². The van der Waals surface area contributed by atoms with Crippen molar-refractivity contribution in [2.75, 3.05) is 5.75 Å². The molecule has 156 valence electrons. The largest absolute Gasteiger partial charge is 0.294 e. The van der Waals surface area contributed by atoms with Gasteiger partial charge in [-0.3, -0.25) is 19.6 Å². The second kappa shape index (κ2) is 9.84. The van der Waals surface area contributed by atoms with Gasteiger partial charge in [0.15, 0.2) is 5.16 Å². The van der Waals surface area contributed by atoms with Crippen molar-refractivity contribution in [1.29, 1.82) is 0 Å². The minimum absolute atomic E-state index is 0.0311. The lowest BCUT2D eigenvalue weighted by molar-refractivity contribution is -0.118. The Balaban J connectivity index is 2.22. The molecule has 6 nitrogen and oxygen atoms in total. The fourth-order valence-corrected chi connectivity index (χ4v) is 4.94. The van der Waals surface area contributed by atoms with Crippen molar-refractivity contribution in [3.8, 4) is 5.69 Å². The standard InChI is InChI=1S/C21H21FN4O2S2/c1-3-5-7-13(4-2)16-11-29-19-18(16)20(28)26(15-9-6-8-14(22)10-15)21(24-19)30-12-17(27)25-23/h3-4,6,8-11,13H,1-2,5,7,12,23H2,(H,25,27). The molecule has 1 atom stereocenters. The molecule has 2 heterocycles. The third-order valence-corrected chi connectivity index (χ3v) is 6.36. The molecule has 0 aliphatic carbocycles. The summed E-state index contributed by atoms with van der Waals surface area (Å²) in [4.78, 5) is 30.4. The number of amides is 1. The molecule has 9 heteroatoms. The predicted octanol–water partition coefficient (Wildman–Crippen LogP) is 3.90. The number of hydrogen-bond donors (Lipinski definition) is 2. The van der Waals surface area contributed by atoms with E-state index in [-0.39, 0.29) is 22.4 Å². The first kappa shape index (κ1) is 21.9. The average molecular weight is 445 g/mol. The number of aromatic nitrogens is 2. The quantitative estimate of drug-likeness (QED) is 0.130. The summed E-state index contributed by atoms with van der Waals surface area (Å²) in [7, 11) is 0. The van der Waals surface area contributed by atoms with Gasteiger partial charge >= 0.3 is 0 Å². The lowest BCUT2D eigenvalue weighted by Crippen LogP contribution is -2.32. The maximum atomic E-state index is 13.9. The summed E-state index contributed by atoms with van der Waals surface area (Å²) in [6.45, 7) is 7.66. The Morgan fingerprint density at radius 2 is 2.23 bits per heavy atom. The number of rotatable bonds is 9. The van der Waals surface area contributed by atoms with Gasteiger partial charge in [0, 0.05) is 5.92 Å². The topological polar surface area (TPSA) is 90.0 Å². The van der Waals surface area contributed by atoms with E-state index in [4.69, 9.17) is 5.84 Å². The Hall–Kier alpha value is -2.75. The van der Waals surface area contributed by atoms with Crippen LogP contribution in [0, 0.1) is 5.82 Å². The molecular formula is C21H21FN4O2S2. The molecule has 2 aromatic heterocycles. The number of hydrogen-bond acceptors (Lipinski definition) is 6. The Kier molecular flexibility index (Phi) is 7.20. The summed E-state index contributed by atoms with van der Waals surface area (Å²) in [5, 5.41) is 2.67. The number of carbonyl (C=O) groups is 1. The lowest BCUT2D eigenvalue weighted by atomic mass is 9.95. The van der Waals surface area contributed by atoms with E-state index < -0.39 is 11.7 Å². The number of allylic oxidation sites excluding steroid dienone is 2. The average Bonchev–Trinajstić information content (AvgIpc) is 3.16. The van der Waals surface area contributed by atoms with Crippen molar-refractivity contribution in [2.45, 2.75) is 23.9 Å². The highest BCUT2D eigenvalue weighted by molar-refractivity contribution is 7.99. The molecule has 1 amide bonds. The van der Waals surface area contributed by atoms with Crippen LogP contribution >= 0.6 is 23.1 Å². The third-order valence-electron chi connectivity index (χ3n) is 4.53. The molecule has 0 saturated heterocycles. The molecule has 30 heavy (non-hydrogen) atoms. The van der Waals surface area contributed by atoms with Gasteiger partial charge in [0.25, 0.3) is 5.56 Å². The lowest BCUT2D eigenvalue weighted by Gasteiger charge is -2.14. The van der Waals surface area contributed by atoms with Gasteiger partial charge in [-0.05, 0) is 42.0 Å². The number of hydrazine groups is 1. The molecule has 0 aliphatic rings. The van der Waals surface area contributed by atoms with Crippen LogP contribution < -0.4 is 16.8 Å². The number of thioether (sulfide) groups is 1. The number of nitrogens with one attached hydrogen (secondary N) is 1. The van der Waals surface area contributed by atoms with Gasteiger partial charge in [0.1, 0.15) is 10.6 Å². The van der Waals surface area contributed by atoms with Crippen LogP contribution in [0.1, 0.15) is 24.3 Å². The Morgan fingerprint density at radius 1 is 1.43 bits per heavy atom. The number of nitrogens with two attached hydrogens (primary N) is 1. The SMILES string of the molecule is C=CCCC(C=C)c1csc2nc(SCC(=O)NN)n(-c3cccc(F)c3)c(=O)c12. The summed E-state index contributed by atoms with van der Waals surface area (Å²) in [6, 6.07) is 5.71. The van der Waals surface area contributed by atoms with Crippen LogP contribution in [0.2, 0.25) is 0 Å². The van der Waals surface area contributed by atoms with Gasteiger partial charge in [-0.1, -0.05) is 30.0 Å². The first-order chi connectivity index (χ1) is 14.5. The second-order valence-electron chi connectivity index (χ2n) is 6.45. The highest BCUT2D eigenvalue weighted by Gasteiger charge is 2.21. The van der Waals surface area contributed by atoms with Gasteiger partial charge in [-0.2, -0.15) is 0 Å². The molecule has 0 radical (unpaired) electrons. The number of benzene rings is 1. The Bertz CT molecular complexity index is 1160. The molecule has 0 aliphatic heterocycles. The van der Waals surface area contributed by atoms with E-state index in [0.29, 0.717) is 15.9 Å². The highest BCUT2D eigenvalue weighted by atomic mass is 32.2. The van der Waals surface area contributed by atoms with E-state index in [1.54, 1.807) is 6.07 Å². The first-order valence-corrected chi connectivity index (χ1v) is 11.0. The third kappa shape index (κ3) is 4.53. The van der Waals surface area contributed by atoms with Crippen molar-refractivity contribution in [3.05, 3.63) is 76.7 Å². The monoisotopic (exact) mass is 444 g/mol. The maximum Gasteiger partial charge on any atom is 0.267 e. The van der Waals surface area contributed by atoms with E-state index in [2.05, 4.69) is 23.6 Å². The summed E-state index contributed by atoms with van der Waals surface area (Å²) < 4.78 is 15.2. The molecule has 0 bridgehead atoms. The van der Waals surface area contributed by atoms with E-state index >= 15 is 0 Å². The number of nitrogens with zero attached hydrogens (tertiary/aromatic N) is 2. The van der Waals surface area contributed by atoms with Crippen LogP contribution in [-0.4, -0.2) is 21.2 Å². The molecule has 1 aromatic carbocycles. The summed E-state index contributed by atoms with van der Waals surface area (Å²) in [5.41, 5.74) is 2.91. The number of thiophene rings is 1. The van der Waals surface area contributed by atoms with Gasteiger partial charge in [0.05, 0.1) is 16.8 Å². The predicted molar refractivity (Wildman–Crippen MR) is 121 cm³/mol. The van der Waals surface area contributed by atoms with Crippen LogP contribution in [0.4, 0.5) is 4.39 Å². The molecular weight excluding hydrogens is 423 g/mol. The Morgan fingerprint density at radius 3 is 2.90 bits per heavy atom. The van der Waals surface area contributed by atoms with Crippen molar-refractivity contribution in [2.24, 2.45) is 5.84 Å². The number of carbonyl (C=O) groups excluding carboxylic acids is 1. The van der Waals surface area contributed by atoms with Gasteiger partial charge in [-0.25, -0.2) is 15.2 Å². The number of fused-ring (bicyclic) bond motifs is 1. The molecule has 1 unspecified atom stereocenters. The smallest absolute Gasteiger partial charge is 0.267 e. The van der Waals surface area contributed by atoms with Gasteiger partial charge in [0.2, 0.25) is 5.91 Å². The maximum absolute atomic E-state index is 13.9.